The molecule has 0 aliphatic carbocycles. The van der Waals surface area contributed by atoms with Gasteiger partial charge in [-0.05, 0) is 24.7 Å². The molecule has 0 aliphatic heterocycles. The smallest absolute Gasteiger partial charge is 0.0208 e. The first-order chi connectivity index (χ1) is 4.99. The molecule has 0 spiro atoms. The summed E-state index contributed by atoms with van der Waals surface area (Å²) in [5, 5.41) is 0. The number of rotatable bonds is 4. The molecule has 3 N–H and O–H groups in total. The van der Waals surface area contributed by atoms with Gasteiger partial charge in [-0.2, -0.15) is 0 Å². The van der Waals surface area contributed by atoms with Gasteiger partial charge in [0.05, 0.1) is 0 Å². The number of hydrogen-bond donors (Lipinski definition) is 2. The molecule has 0 aromatic carbocycles. The highest BCUT2D eigenvalue weighted by atomic mass is 15.2. The summed E-state index contributed by atoms with van der Waals surface area (Å²) >= 11 is 0. The van der Waals surface area contributed by atoms with Crippen LogP contribution in [0.5, 0.6) is 0 Å². The Balaban J connectivity index is 3.51. The molecule has 11 heavy (non-hydrogen) atoms. The number of hydrogen-bond acceptors (Lipinski definition) is 2. The maximum absolute atomic E-state index is 5.36. The van der Waals surface area contributed by atoms with Crippen LogP contribution in [0.15, 0.2) is 0 Å². The van der Waals surface area contributed by atoms with Gasteiger partial charge >= 0.3 is 0 Å². The standard InChI is InChI=1S/C9H22N2/c1-5-8(11-10)6-7-9(2,3)4/h8,11H,5-7,10H2,1-4H3. The molecule has 1 unspecified atom stereocenters. The lowest BCUT2D eigenvalue weighted by atomic mass is 9.88. The van der Waals surface area contributed by atoms with Crippen LogP contribution in [-0.4, -0.2) is 6.04 Å². The van der Waals surface area contributed by atoms with Gasteiger partial charge in [-0.25, -0.2) is 0 Å². The van der Waals surface area contributed by atoms with Gasteiger partial charge in [0.2, 0.25) is 0 Å². The Morgan fingerprint density at radius 3 is 2.18 bits per heavy atom. The Kier molecular flexibility index (Phi) is 4.69. The van der Waals surface area contributed by atoms with Crippen LogP contribution < -0.4 is 11.3 Å². The molecular formula is C9H22N2. The van der Waals surface area contributed by atoms with Gasteiger partial charge in [0, 0.05) is 6.04 Å². The Labute approximate surface area is 70.5 Å². The molecule has 0 saturated heterocycles. The minimum atomic E-state index is 0.435. The second-order valence-electron chi connectivity index (χ2n) is 4.37. The molecule has 0 aliphatic rings. The summed E-state index contributed by atoms with van der Waals surface area (Å²) in [4.78, 5) is 0. The fourth-order valence-electron chi connectivity index (χ4n) is 1.01. The Hall–Kier alpha value is -0.0800. The Bertz CT molecular complexity index is 90.2. The van der Waals surface area contributed by atoms with Gasteiger partial charge in [0.25, 0.3) is 0 Å². The van der Waals surface area contributed by atoms with Gasteiger partial charge in [-0.1, -0.05) is 27.7 Å². The number of nitrogens with two attached hydrogens (primary N) is 1. The first kappa shape index (κ1) is 10.9. The molecule has 0 rings (SSSR count). The summed E-state index contributed by atoms with van der Waals surface area (Å²) in [5.74, 6) is 5.36. The fourth-order valence-corrected chi connectivity index (χ4v) is 1.01. The van der Waals surface area contributed by atoms with Gasteiger partial charge in [0.1, 0.15) is 0 Å². The third-order valence-electron chi connectivity index (χ3n) is 1.97. The first-order valence-corrected chi connectivity index (χ1v) is 4.45. The molecule has 0 aromatic heterocycles. The zero-order valence-electron chi connectivity index (χ0n) is 8.28. The maximum atomic E-state index is 5.36. The Morgan fingerprint density at radius 1 is 1.36 bits per heavy atom. The van der Waals surface area contributed by atoms with Crippen LogP contribution in [0.25, 0.3) is 0 Å². The van der Waals surface area contributed by atoms with Crippen LogP contribution in [0.2, 0.25) is 0 Å². The van der Waals surface area contributed by atoms with Crippen molar-refractivity contribution in [3.05, 3.63) is 0 Å². The van der Waals surface area contributed by atoms with E-state index < -0.39 is 0 Å². The third kappa shape index (κ3) is 6.32. The van der Waals surface area contributed by atoms with Gasteiger partial charge in [0.15, 0.2) is 0 Å². The zero-order valence-corrected chi connectivity index (χ0v) is 8.28. The lowest BCUT2D eigenvalue weighted by Gasteiger charge is -2.21. The van der Waals surface area contributed by atoms with E-state index in [1.807, 2.05) is 0 Å². The van der Waals surface area contributed by atoms with Crippen LogP contribution in [0.1, 0.15) is 47.0 Å². The largest absolute Gasteiger partial charge is 0.271 e. The first-order valence-electron chi connectivity index (χ1n) is 4.45. The van der Waals surface area contributed by atoms with Crippen molar-refractivity contribution >= 4 is 0 Å². The minimum Gasteiger partial charge on any atom is -0.271 e. The van der Waals surface area contributed by atoms with Crippen LogP contribution in [0.4, 0.5) is 0 Å². The molecule has 0 radical (unpaired) electrons. The summed E-state index contributed by atoms with van der Waals surface area (Å²) in [5.41, 5.74) is 3.26. The summed E-state index contributed by atoms with van der Waals surface area (Å²) in [7, 11) is 0. The second-order valence-corrected chi connectivity index (χ2v) is 4.37. The molecule has 0 amide bonds. The molecule has 2 heteroatoms. The van der Waals surface area contributed by atoms with E-state index in [0.717, 1.165) is 6.42 Å². The molecule has 0 aromatic rings. The molecule has 0 bridgehead atoms. The van der Waals surface area contributed by atoms with Crippen molar-refractivity contribution in [2.24, 2.45) is 11.3 Å². The lowest BCUT2D eigenvalue weighted by molar-refractivity contribution is 0.327. The lowest BCUT2D eigenvalue weighted by Crippen LogP contribution is -2.35. The average Bonchev–Trinajstić information content (AvgIpc) is 1.88. The average molecular weight is 158 g/mol. The molecule has 0 saturated carbocycles. The summed E-state index contributed by atoms with van der Waals surface area (Å²) in [6, 6.07) is 0.495. The maximum Gasteiger partial charge on any atom is 0.0208 e. The topological polar surface area (TPSA) is 38.0 Å². The fraction of sp³-hybridized carbons (Fsp3) is 1.00. The van der Waals surface area contributed by atoms with Crippen molar-refractivity contribution in [1.29, 1.82) is 0 Å². The third-order valence-corrected chi connectivity index (χ3v) is 1.97. The molecule has 0 fully saturated rings. The predicted molar refractivity (Wildman–Crippen MR) is 50.1 cm³/mol. The van der Waals surface area contributed by atoms with E-state index >= 15 is 0 Å². The van der Waals surface area contributed by atoms with Gasteiger partial charge in [-0.15, -0.1) is 0 Å². The van der Waals surface area contributed by atoms with E-state index in [4.69, 9.17) is 5.84 Å². The number of nitrogens with one attached hydrogen (secondary N) is 1. The highest BCUT2D eigenvalue weighted by Crippen LogP contribution is 2.21. The van der Waals surface area contributed by atoms with E-state index in [9.17, 15) is 0 Å². The van der Waals surface area contributed by atoms with Gasteiger partial charge in [-0.3, -0.25) is 11.3 Å². The highest BCUT2D eigenvalue weighted by molar-refractivity contribution is 4.67. The predicted octanol–water partition coefficient (Wildman–Crippen LogP) is 2.05. The van der Waals surface area contributed by atoms with Crippen LogP contribution in [0.3, 0.4) is 0 Å². The normalized spacial score (nSPS) is 15.0. The van der Waals surface area contributed by atoms with Gasteiger partial charge < -0.3 is 0 Å². The van der Waals surface area contributed by atoms with E-state index in [-0.39, 0.29) is 0 Å². The molecule has 2 nitrogen and oxygen atoms in total. The monoisotopic (exact) mass is 158 g/mol. The van der Waals surface area contributed by atoms with E-state index in [0.29, 0.717) is 11.5 Å². The molecule has 68 valence electrons. The highest BCUT2D eigenvalue weighted by Gasteiger charge is 2.12. The quantitative estimate of drug-likeness (QED) is 0.485. The second kappa shape index (κ2) is 4.73. The SMILES string of the molecule is CCC(CCC(C)(C)C)NN. The minimum absolute atomic E-state index is 0.435. The van der Waals surface area contributed by atoms with Crippen molar-refractivity contribution in [3.8, 4) is 0 Å². The van der Waals surface area contributed by atoms with Crippen molar-refractivity contribution in [1.82, 2.24) is 5.43 Å². The van der Waals surface area contributed by atoms with Crippen LogP contribution >= 0.6 is 0 Å². The summed E-state index contributed by atoms with van der Waals surface area (Å²) < 4.78 is 0. The Morgan fingerprint density at radius 2 is 1.91 bits per heavy atom. The van der Waals surface area contributed by atoms with Crippen LogP contribution in [0, 0.1) is 5.41 Å². The summed E-state index contributed by atoms with van der Waals surface area (Å²) in [6.45, 7) is 8.94. The summed E-state index contributed by atoms with van der Waals surface area (Å²) in [6.07, 6.45) is 3.53. The van der Waals surface area contributed by atoms with Crippen molar-refractivity contribution in [2.75, 3.05) is 0 Å². The molecule has 0 heterocycles. The van der Waals surface area contributed by atoms with E-state index in [1.54, 1.807) is 0 Å². The molecular weight excluding hydrogens is 136 g/mol. The van der Waals surface area contributed by atoms with Crippen molar-refractivity contribution < 1.29 is 0 Å². The van der Waals surface area contributed by atoms with Crippen molar-refractivity contribution in [2.45, 2.75) is 53.0 Å². The van der Waals surface area contributed by atoms with Crippen molar-refractivity contribution in [3.63, 3.8) is 0 Å². The van der Waals surface area contributed by atoms with E-state index in [2.05, 4.69) is 33.1 Å². The molecule has 1 atom stereocenters. The van der Waals surface area contributed by atoms with E-state index in [1.165, 1.54) is 12.8 Å². The zero-order chi connectivity index (χ0) is 8.91. The number of hydrazine groups is 1. The van der Waals surface area contributed by atoms with Crippen LogP contribution in [-0.2, 0) is 0 Å².